The van der Waals surface area contributed by atoms with Gasteiger partial charge in [0.15, 0.2) is 0 Å². The number of hydrogen-bond acceptors (Lipinski definition) is 3. The summed E-state index contributed by atoms with van der Waals surface area (Å²) < 4.78 is 1.62. The molecule has 1 heterocycles. The molecule has 1 atom stereocenters. The largest absolute Gasteiger partial charge is 0.324 e. The molecule has 1 aromatic carbocycles. The second kappa shape index (κ2) is 7.22. The quantitative estimate of drug-likeness (QED) is 0.813. The Labute approximate surface area is 135 Å². The summed E-state index contributed by atoms with van der Waals surface area (Å²) in [6, 6.07) is 11.4. The van der Waals surface area contributed by atoms with Gasteiger partial charge in [-0.2, -0.15) is 0 Å². The van der Waals surface area contributed by atoms with Crippen molar-refractivity contribution in [2.75, 3.05) is 11.9 Å². The molecule has 0 radical (unpaired) electrons. The number of rotatable bonds is 5. The Morgan fingerprint density at radius 1 is 1.35 bits per heavy atom. The van der Waals surface area contributed by atoms with Gasteiger partial charge in [0.1, 0.15) is 0 Å². The fourth-order valence-electron chi connectivity index (χ4n) is 1.66. The topological polar surface area (TPSA) is 41.1 Å². The fourth-order valence-corrected chi connectivity index (χ4v) is 3.14. The molecule has 0 bridgehead atoms. The number of anilines is 1. The molecule has 20 heavy (non-hydrogen) atoms. The average molecular weight is 374 g/mol. The molecule has 2 rings (SSSR count). The monoisotopic (exact) mass is 372 g/mol. The van der Waals surface area contributed by atoms with Gasteiger partial charge in [0, 0.05) is 15.4 Å². The van der Waals surface area contributed by atoms with Crippen LogP contribution in [-0.2, 0) is 4.79 Å². The standard InChI is InChI=1S/C14H14BrClN2OS/c1-9(12-6-7-13(16)20-12)17-8-14(19)18-11-5-3-2-4-10(11)15/h2-7,9,17H,8H2,1H3,(H,18,19). The number of para-hydroxylation sites is 1. The Morgan fingerprint density at radius 3 is 2.75 bits per heavy atom. The van der Waals surface area contributed by atoms with Crippen LogP contribution in [0.4, 0.5) is 5.69 Å². The summed E-state index contributed by atoms with van der Waals surface area (Å²) in [6.45, 7) is 2.26. The highest BCUT2D eigenvalue weighted by molar-refractivity contribution is 9.10. The van der Waals surface area contributed by atoms with Gasteiger partial charge in [0.05, 0.1) is 16.6 Å². The van der Waals surface area contributed by atoms with Crippen molar-refractivity contribution in [1.82, 2.24) is 5.32 Å². The molecule has 0 aliphatic rings. The molecule has 6 heteroatoms. The van der Waals surface area contributed by atoms with E-state index >= 15 is 0 Å². The van der Waals surface area contributed by atoms with E-state index in [9.17, 15) is 4.79 Å². The Balaban J connectivity index is 1.85. The van der Waals surface area contributed by atoms with Crippen molar-refractivity contribution in [1.29, 1.82) is 0 Å². The molecular formula is C14H14BrClN2OS. The number of nitrogens with one attached hydrogen (secondary N) is 2. The summed E-state index contributed by atoms with van der Waals surface area (Å²) in [5.41, 5.74) is 0.770. The lowest BCUT2D eigenvalue weighted by Gasteiger charge is -2.12. The van der Waals surface area contributed by atoms with Crippen molar-refractivity contribution >= 4 is 50.5 Å². The Morgan fingerprint density at radius 2 is 2.10 bits per heavy atom. The van der Waals surface area contributed by atoms with Gasteiger partial charge in [-0.25, -0.2) is 0 Å². The first-order chi connectivity index (χ1) is 9.56. The second-order valence-electron chi connectivity index (χ2n) is 4.27. The summed E-state index contributed by atoms with van der Waals surface area (Å²) in [5.74, 6) is -0.0774. The minimum Gasteiger partial charge on any atom is -0.324 e. The van der Waals surface area contributed by atoms with E-state index in [-0.39, 0.29) is 18.5 Å². The average Bonchev–Trinajstić information content (AvgIpc) is 2.85. The highest BCUT2D eigenvalue weighted by Crippen LogP contribution is 2.26. The van der Waals surface area contributed by atoms with Crippen LogP contribution in [0, 0.1) is 0 Å². The third kappa shape index (κ3) is 4.31. The van der Waals surface area contributed by atoms with Crippen LogP contribution >= 0.6 is 38.9 Å². The number of carbonyl (C=O) groups excluding carboxylic acids is 1. The minimum atomic E-state index is -0.0774. The summed E-state index contributed by atoms with van der Waals surface area (Å²) in [5, 5.41) is 6.03. The van der Waals surface area contributed by atoms with Gasteiger partial charge in [-0.15, -0.1) is 11.3 Å². The SMILES string of the molecule is CC(NCC(=O)Nc1ccccc1Br)c1ccc(Cl)s1. The maximum Gasteiger partial charge on any atom is 0.238 e. The van der Waals surface area contributed by atoms with Crippen molar-refractivity contribution in [3.8, 4) is 0 Å². The van der Waals surface area contributed by atoms with Gasteiger partial charge >= 0.3 is 0 Å². The molecule has 0 aliphatic heterocycles. The predicted octanol–water partition coefficient (Wildman–Crippen LogP) is 4.45. The van der Waals surface area contributed by atoms with Crippen LogP contribution in [-0.4, -0.2) is 12.5 Å². The maximum absolute atomic E-state index is 11.9. The van der Waals surface area contributed by atoms with Crippen LogP contribution in [0.1, 0.15) is 17.8 Å². The molecule has 0 fully saturated rings. The molecule has 0 saturated heterocycles. The van der Waals surface area contributed by atoms with E-state index in [0.29, 0.717) is 0 Å². The van der Waals surface area contributed by atoms with E-state index in [1.807, 2.05) is 43.3 Å². The summed E-state index contributed by atoms with van der Waals surface area (Å²) >= 11 is 10.8. The first-order valence-electron chi connectivity index (χ1n) is 6.09. The lowest BCUT2D eigenvalue weighted by molar-refractivity contribution is -0.115. The lowest BCUT2D eigenvalue weighted by Crippen LogP contribution is -2.29. The zero-order chi connectivity index (χ0) is 14.5. The number of benzene rings is 1. The maximum atomic E-state index is 11.9. The first-order valence-corrected chi connectivity index (χ1v) is 8.08. The molecule has 1 aromatic heterocycles. The zero-order valence-corrected chi connectivity index (χ0v) is 14.0. The Hall–Kier alpha value is -0.880. The number of carbonyl (C=O) groups is 1. The van der Waals surface area contributed by atoms with Crippen LogP contribution in [0.2, 0.25) is 4.34 Å². The van der Waals surface area contributed by atoms with Crippen molar-refractivity contribution in [3.05, 3.63) is 50.1 Å². The van der Waals surface area contributed by atoms with E-state index in [1.165, 1.54) is 11.3 Å². The van der Waals surface area contributed by atoms with Crippen LogP contribution < -0.4 is 10.6 Å². The third-order valence-electron chi connectivity index (χ3n) is 2.74. The zero-order valence-electron chi connectivity index (χ0n) is 10.8. The van der Waals surface area contributed by atoms with E-state index < -0.39 is 0 Å². The number of halogens is 2. The Bertz CT molecular complexity index is 602. The van der Waals surface area contributed by atoms with Gasteiger partial charge in [-0.05, 0) is 47.1 Å². The molecular weight excluding hydrogens is 360 g/mol. The molecule has 1 unspecified atom stereocenters. The van der Waals surface area contributed by atoms with E-state index in [1.54, 1.807) is 0 Å². The summed E-state index contributed by atoms with van der Waals surface area (Å²) in [4.78, 5) is 13.0. The van der Waals surface area contributed by atoms with Gasteiger partial charge in [-0.1, -0.05) is 23.7 Å². The predicted molar refractivity (Wildman–Crippen MR) is 88.5 cm³/mol. The molecule has 1 amide bonds. The minimum absolute atomic E-state index is 0.0774. The Kier molecular flexibility index (Phi) is 5.60. The number of thiophene rings is 1. The first kappa shape index (κ1) is 15.5. The molecule has 106 valence electrons. The van der Waals surface area contributed by atoms with Gasteiger partial charge in [0.25, 0.3) is 0 Å². The lowest BCUT2D eigenvalue weighted by atomic mass is 10.2. The third-order valence-corrected chi connectivity index (χ3v) is 4.84. The summed E-state index contributed by atoms with van der Waals surface area (Å²) in [7, 11) is 0. The molecule has 0 aliphatic carbocycles. The normalized spacial score (nSPS) is 12.2. The van der Waals surface area contributed by atoms with Crippen molar-refractivity contribution in [2.24, 2.45) is 0 Å². The molecule has 0 spiro atoms. The highest BCUT2D eigenvalue weighted by Gasteiger charge is 2.10. The highest BCUT2D eigenvalue weighted by atomic mass is 79.9. The number of amides is 1. The van der Waals surface area contributed by atoms with Crippen molar-refractivity contribution in [3.63, 3.8) is 0 Å². The summed E-state index contributed by atoms with van der Waals surface area (Å²) in [6.07, 6.45) is 0. The van der Waals surface area contributed by atoms with Crippen LogP contribution in [0.15, 0.2) is 40.9 Å². The van der Waals surface area contributed by atoms with E-state index in [0.717, 1.165) is 19.4 Å². The fraction of sp³-hybridized carbons (Fsp3) is 0.214. The van der Waals surface area contributed by atoms with E-state index in [2.05, 4.69) is 26.6 Å². The molecule has 3 nitrogen and oxygen atoms in total. The van der Waals surface area contributed by atoms with Crippen molar-refractivity contribution < 1.29 is 4.79 Å². The van der Waals surface area contributed by atoms with Crippen molar-refractivity contribution in [2.45, 2.75) is 13.0 Å². The van der Waals surface area contributed by atoms with Gasteiger partial charge in [-0.3, -0.25) is 4.79 Å². The van der Waals surface area contributed by atoms with Crippen LogP contribution in [0.25, 0.3) is 0 Å². The molecule has 2 aromatic rings. The van der Waals surface area contributed by atoms with Gasteiger partial charge < -0.3 is 10.6 Å². The smallest absolute Gasteiger partial charge is 0.238 e. The number of hydrogen-bond donors (Lipinski definition) is 2. The van der Waals surface area contributed by atoms with Gasteiger partial charge in [0.2, 0.25) is 5.91 Å². The van der Waals surface area contributed by atoms with Crippen LogP contribution in [0.3, 0.4) is 0 Å². The van der Waals surface area contributed by atoms with E-state index in [4.69, 9.17) is 11.6 Å². The van der Waals surface area contributed by atoms with Crippen LogP contribution in [0.5, 0.6) is 0 Å². The molecule has 0 saturated carbocycles. The second-order valence-corrected chi connectivity index (χ2v) is 6.87. The molecule has 2 N–H and O–H groups in total.